The van der Waals surface area contributed by atoms with Crippen LogP contribution in [0.25, 0.3) is 0 Å². The molecule has 108 valence electrons. The molecule has 0 bridgehead atoms. The second kappa shape index (κ2) is 15.9. The Morgan fingerprint density at radius 2 is 1.47 bits per heavy atom. The summed E-state index contributed by atoms with van der Waals surface area (Å²) >= 11 is 0. The lowest BCUT2D eigenvalue weighted by molar-refractivity contribution is 0.241. The minimum atomic E-state index is 0.479. The van der Waals surface area contributed by atoms with E-state index >= 15 is 0 Å². The molecule has 0 aliphatic carbocycles. The van der Waals surface area contributed by atoms with Crippen molar-refractivity contribution in [3.8, 4) is 0 Å². The number of nitrogens with one attached hydrogen (secondary N) is 1. The molecule has 0 aliphatic heterocycles. The fraction of sp³-hybridized carbons (Fsp3) is 1.00. The summed E-state index contributed by atoms with van der Waals surface area (Å²) in [5, 5.41) is 3.21. The molecule has 2 nitrogen and oxygen atoms in total. The van der Waals surface area contributed by atoms with Crippen LogP contribution in [0, 0.1) is 5.41 Å². The Balaban J connectivity index is -0.000000439. The van der Waals surface area contributed by atoms with Gasteiger partial charge < -0.3 is 10.2 Å². The molecule has 0 aromatic rings. The molecular weight excluding hydrogens is 208 g/mol. The summed E-state index contributed by atoms with van der Waals surface area (Å²) in [7, 11) is 4.21. The highest BCUT2D eigenvalue weighted by Crippen LogP contribution is 2.24. The highest BCUT2D eigenvalue weighted by atomic mass is 15.1. The van der Waals surface area contributed by atoms with E-state index in [9.17, 15) is 0 Å². The maximum absolute atomic E-state index is 3.21. The molecule has 17 heavy (non-hydrogen) atoms. The zero-order chi connectivity index (χ0) is 14.3. The van der Waals surface area contributed by atoms with Gasteiger partial charge in [0.05, 0.1) is 0 Å². The fourth-order valence-electron chi connectivity index (χ4n) is 1.24. The minimum absolute atomic E-state index is 0.479. The van der Waals surface area contributed by atoms with Crippen LogP contribution in [0.4, 0.5) is 0 Å². The maximum Gasteiger partial charge on any atom is -0.00168 e. The van der Waals surface area contributed by atoms with Gasteiger partial charge in [-0.3, -0.25) is 0 Å². The summed E-state index contributed by atoms with van der Waals surface area (Å²) in [6.07, 6.45) is 2.56. The van der Waals surface area contributed by atoms with E-state index in [1.165, 1.54) is 19.4 Å². The molecule has 0 saturated heterocycles. The second-order valence-electron chi connectivity index (χ2n) is 4.66. The fourth-order valence-corrected chi connectivity index (χ4v) is 1.24. The summed E-state index contributed by atoms with van der Waals surface area (Å²) in [6, 6.07) is 0. The van der Waals surface area contributed by atoms with Gasteiger partial charge in [-0.2, -0.15) is 0 Å². The van der Waals surface area contributed by atoms with Crippen molar-refractivity contribution in [2.75, 3.05) is 33.7 Å². The van der Waals surface area contributed by atoms with Crippen molar-refractivity contribution in [3.63, 3.8) is 0 Å². The molecule has 0 amide bonds. The number of hydrogen-bond acceptors (Lipinski definition) is 2. The summed E-state index contributed by atoms with van der Waals surface area (Å²) < 4.78 is 0. The average Bonchev–Trinajstić information content (AvgIpc) is 2.38. The van der Waals surface area contributed by atoms with Gasteiger partial charge in [0, 0.05) is 0 Å². The summed E-state index contributed by atoms with van der Waals surface area (Å²) in [6.45, 7) is 18.4. The third kappa shape index (κ3) is 18.5. The molecule has 0 radical (unpaired) electrons. The normalized spacial score (nSPS) is 10.2. The first-order valence-corrected chi connectivity index (χ1v) is 7.35. The van der Waals surface area contributed by atoms with Crippen LogP contribution < -0.4 is 5.32 Å². The standard InChI is InChI=1S/C11H26N2.2C2H6/c1-6-13(5)10-8-11(2,3)7-9-12-4;2*1-2/h12H,6-10H2,1-5H3;2*1-2H3. The second-order valence-corrected chi connectivity index (χ2v) is 4.66. The first kappa shape index (κ1) is 22.1. The average molecular weight is 246 g/mol. The van der Waals surface area contributed by atoms with Crippen LogP contribution in [0.1, 0.15) is 61.3 Å². The van der Waals surface area contributed by atoms with E-state index in [2.05, 4.69) is 38.0 Å². The SMILES string of the molecule is CC.CC.CCN(C)CCC(C)(C)CCNC. The monoisotopic (exact) mass is 246 g/mol. The third-order valence-electron chi connectivity index (χ3n) is 2.76. The Kier molecular flexibility index (Phi) is 20.7. The highest BCUT2D eigenvalue weighted by molar-refractivity contribution is 4.70. The molecule has 2 heteroatoms. The van der Waals surface area contributed by atoms with Crippen molar-refractivity contribution < 1.29 is 0 Å². The van der Waals surface area contributed by atoms with Gasteiger partial charge in [0.15, 0.2) is 0 Å². The molecule has 0 aliphatic rings. The Morgan fingerprint density at radius 3 is 1.82 bits per heavy atom. The molecule has 0 rings (SSSR count). The lowest BCUT2D eigenvalue weighted by atomic mass is 9.85. The van der Waals surface area contributed by atoms with Crippen molar-refractivity contribution in [1.29, 1.82) is 0 Å². The molecule has 0 fully saturated rings. The number of rotatable bonds is 7. The number of nitrogens with zero attached hydrogens (tertiary/aromatic N) is 1. The Bertz CT molecular complexity index is 122. The summed E-state index contributed by atoms with van der Waals surface area (Å²) in [4.78, 5) is 2.38. The first-order chi connectivity index (χ1) is 8.02. The minimum Gasteiger partial charge on any atom is -0.320 e. The molecule has 0 aromatic heterocycles. The van der Waals surface area contributed by atoms with E-state index < -0.39 is 0 Å². The summed E-state index contributed by atoms with van der Waals surface area (Å²) in [5.74, 6) is 0. The van der Waals surface area contributed by atoms with Crippen LogP contribution in [-0.2, 0) is 0 Å². The van der Waals surface area contributed by atoms with Crippen LogP contribution in [0.3, 0.4) is 0 Å². The molecule has 1 N–H and O–H groups in total. The highest BCUT2D eigenvalue weighted by Gasteiger charge is 2.16. The van der Waals surface area contributed by atoms with Crippen LogP contribution >= 0.6 is 0 Å². The number of hydrogen-bond donors (Lipinski definition) is 1. The van der Waals surface area contributed by atoms with Crippen molar-refractivity contribution in [3.05, 3.63) is 0 Å². The van der Waals surface area contributed by atoms with Crippen LogP contribution in [0.5, 0.6) is 0 Å². The molecular formula is C15H38N2. The van der Waals surface area contributed by atoms with Gasteiger partial charge in [0.25, 0.3) is 0 Å². The predicted molar refractivity (Wildman–Crippen MR) is 82.8 cm³/mol. The van der Waals surface area contributed by atoms with Gasteiger partial charge in [0.2, 0.25) is 0 Å². The largest absolute Gasteiger partial charge is 0.320 e. The molecule has 0 atom stereocenters. The molecule has 0 heterocycles. The Hall–Kier alpha value is -0.0800. The van der Waals surface area contributed by atoms with Gasteiger partial charge in [-0.25, -0.2) is 0 Å². The molecule has 0 saturated carbocycles. The zero-order valence-corrected chi connectivity index (χ0v) is 14.0. The summed E-state index contributed by atoms with van der Waals surface area (Å²) in [5.41, 5.74) is 0.479. The van der Waals surface area contributed by atoms with Gasteiger partial charge in [0.1, 0.15) is 0 Å². The molecule has 0 unspecified atom stereocenters. The van der Waals surface area contributed by atoms with E-state index in [1.54, 1.807) is 0 Å². The molecule has 0 spiro atoms. The van der Waals surface area contributed by atoms with Gasteiger partial charge in [-0.1, -0.05) is 48.5 Å². The van der Waals surface area contributed by atoms with E-state index in [0.717, 1.165) is 13.1 Å². The predicted octanol–water partition coefficient (Wildman–Crippen LogP) is 4.02. The lowest BCUT2D eigenvalue weighted by Crippen LogP contribution is -2.26. The van der Waals surface area contributed by atoms with Gasteiger partial charge in [-0.05, 0) is 52.0 Å². The van der Waals surface area contributed by atoms with E-state index in [-0.39, 0.29) is 0 Å². The Labute approximate surface area is 111 Å². The van der Waals surface area contributed by atoms with Crippen LogP contribution in [-0.4, -0.2) is 38.6 Å². The Morgan fingerprint density at radius 1 is 1.00 bits per heavy atom. The lowest BCUT2D eigenvalue weighted by Gasteiger charge is -2.27. The van der Waals surface area contributed by atoms with E-state index in [0.29, 0.717) is 5.41 Å². The zero-order valence-electron chi connectivity index (χ0n) is 14.0. The van der Waals surface area contributed by atoms with Gasteiger partial charge >= 0.3 is 0 Å². The maximum atomic E-state index is 3.21. The quantitative estimate of drug-likeness (QED) is 0.730. The smallest absolute Gasteiger partial charge is 0.00168 e. The first-order valence-electron chi connectivity index (χ1n) is 7.35. The van der Waals surface area contributed by atoms with Crippen LogP contribution in [0.2, 0.25) is 0 Å². The van der Waals surface area contributed by atoms with Crippen molar-refractivity contribution in [2.45, 2.75) is 61.3 Å². The van der Waals surface area contributed by atoms with Gasteiger partial charge in [-0.15, -0.1) is 0 Å². The van der Waals surface area contributed by atoms with E-state index in [1.807, 2.05) is 34.7 Å². The van der Waals surface area contributed by atoms with Crippen molar-refractivity contribution in [1.82, 2.24) is 10.2 Å². The van der Waals surface area contributed by atoms with Crippen LogP contribution in [0.15, 0.2) is 0 Å². The molecule has 0 aromatic carbocycles. The van der Waals surface area contributed by atoms with Crippen molar-refractivity contribution >= 4 is 0 Å². The topological polar surface area (TPSA) is 15.3 Å². The third-order valence-corrected chi connectivity index (χ3v) is 2.76. The van der Waals surface area contributed by atoms with Crippen molar-refractivity contribution in [2.24, 2.45) is 5.41 Å². The van der Waals surface area contributed by atoms with E-state index in [4.69, 9.17) is 0 Å².